The number of carbonyl (C=O) groups is 1. The van der Waals surface area contributed by atoms with Gasteiger partial charge >= 0.3 is 5.97 Å². The van der Waals surface area contributed by atoms with Crippen LogP contribution in [0.4, 0.5) is 0 Å². The fourth-order valence-electron chi connectivity index (χ4n) is 12.0. The number of hydrogen-bond donors (Lipinski definition) is 1. The Morgan fingerprint density at radius 3 is 2.10 bits per heavy atom. The van der Waals surface area contributed by atoms with E-state index in [1.54, 1.807) is 9.24 Å². The minimum atomic E-state index is -0.0260. The second-order valence-electron chi connectivity index (χ2n) is 15.3. The van der Waals surface area contributed by atoms with Crippen LogP contribution >= 0.6 is 9.24 Å². The molecule has 5 saturated carbocycles. The minimum Gasteiger partial charge on any atom is -0.459 e. The van der Waals surface area contributed by atoms with Gasteiger partial charge in [-0.05, 0) is 132 Å². The van der Waals surface area contributed by atoms with Gasteiger partial charge in [0, 0.05) is 125 Å². The summed E-state index contributed by atoms with van der Waals surface area (Å²) in [7, 11) is 1.70. The van der Waals surface area contributed by atoms with E-state index in [4.69, 9.17) is 4.74 Å². The molecule has 0 aromatic carbocycles. The smallest absolute Gasteiger partial charge is 0.343 e. The molecule has 1 unspecified atom stereocenters. The summed E-state index contributed by atoms with van der Waals surface area (Å²) in [4.78, 5) is 12.3. The third kappa shape index (κ3) is 6.08. The van der Waals surface area contributed by atoms with Gasteiger partial charge in [0.25, 0.3) is 0 Å². The fourth-order valence-corrected chi connectivity index (χ4v) is 12.1. The Labute approximate surface area is 338 Å². The normalized spacial score (nSPS) is 46.3. The van der Waals surface area contributed by atoms with Crippen molar-refractivity contribution in [2.75, 3.05) is 12.8 Å². The molecule has 0 spiro atoms. The zero-order chi connectivity index (χ0) is 26.3. The van der Waals surface area contributed by atoms with E-state index >= 15 is 0 Å². The van der Waals surface area contributed by atoms with Crippen molar-refractivity contribution in [1.29, 1.82) is 0 Å². The molecule has 5 aliphatic rings. The van der Waals surface area contributed by atoms with E-state index < -0.39 is 0 Å². The van der Waals surface area contributed by atoms with E-state index in [1.807, 2.05) is 0 Å². The zero-order valence-electron chi connectivity index (χ0n) is 25.2. The average molecular weight is 654 g/mol. The largest absolute Gasteiger partial charge is 0.459 e. The number of hydrogen-bond acceptors (Lipinski definition) is 3. The van der Waals surface area contributed by atoms with Gasteiger partial charge in [0.2, 0.25) is 0 Å². The van der Waals surface area contributed by atoms with Crippen molar-refractivity contribution in [2.45, 2.75) is 119 Å². The molecule has 5 fully saturated rings. The van der Waals surface area contributed by atoms with Gasteiger partial charge in [0.05, 0.1) is 0 Å². The van der Waals surface area contributed by atoms with Crippen LogP contribution in [0.5, 0.6) is 0 Å². The standard InChI is InChI=1S/C32H53O3P.CH4.3Ar/c1-20(2)21-10-15-32(19-33)17-16-30(6)22(27(21)32)8-9-24-29(5)13-12-25(35-26(34)18-36)28(3,4)23(29)11-14-31(24,30)7;;;;/h21-25,27,33H,1,8-19,36H2,2-7H3;1H4;;;/p+1/t21-,22+,23-,24+,25-,27+,29-,30+,31+,32+;;;;/m0..../s1. The molecule has 11 atom stereocenters. The Bertz CT molecular complexity index is 929. The Balaban J connectivity index is 0.00000200. The quantitative estimate of drug-likeness (QED) is 0.192. The van der Waals surface area contributed by atoms with Crippen LogP contribution in [0.25, 0.3) is 0 Å². The van der Waals surface area contributed by atoms with E-state index in [1.165, 1.54) is 63.4 Å². The van der Waals surface area contributed by atoms with Crippen molar-refractivity contribution < 1.29 is 128 Å². The number of carbonyl (C=O) groups excluding carboxylic acids is 1. The van der Waals surface area contributed by atoms with Crippen molar-refractivity contribution in [3.63, 3.8) is 0 Å². The van der Waals surface area contributed by atoms with Crippen LogP contribution in [-0.2, 0) is 9.53 Å². The third-order valence-electron chi connectivity index (χ3n) is 14.0. The molecule has 0 aromatic heterocycles. The predicted molar refractivity (Wildman–Crippen MR) is 159 cm³/mol. The molecule has 1 N–H and O–H groups in total. The molecule has 236 valence electrons. The molecule has 0 amide bonds. The SMILES string of the molecule is C.C=C(C)[C@@H]1CC[C@]2(CO)CC[C@]3(C)[C@H](CC[C@@H]4[C@@]5(C)CC[C@H](OC(=O)C[PH3+])C(C)(C)[C@@H]5CC[C@]43C)[C@@H]12.[Ar].[Ar].[Ar]. The molecule has 40 heavy (non-hydrogen) atoms. The van der Waals surface area contributed by atoms with Gasteiger partial charge in [-0.25, -0.2) is 4.79 Å². The van der Waals surface area contributed by atoms with E-state index in [-0.39, 0.29) is 144 Å². The van der Waals surface area contributed by atoms with Crippen LogP contribution in [0.1, 0.15) is 113 Å². The summed E-state index contributed by atoms with van der Waals surface area (Å²) in [6.07, 6.45) is 12.8. The van der Waals surface area contributed by atoms with Gasteiger partial charge in [0.15, 0.2) is 0 Å². The van der Waals surface area contributed by atoms with Crippen molar-refractivity contribution in [3.8, 4) is 0 Å². The van der Waals surface area contributed by atoms with Crippen LogP contribution in [0.15, 0.2) is 12.2 Å². The van der Waals surface area contributed by atoms with Crippen molar-refractivity contribution >= 4 is 15.2 Å². The first kappa shape index (κ1) is 41.4. The van der Waals surface area contributed by atoms with Crippen LogP contribution in [0.2, 0.25) is 0 Å². The molecule has 0 aromatic rings. The Morgan fingerprint density at radius 1 is 0.875 bits per heavy atom. The van der Waals surface area contributed by atoms with Gasteiger partial charge in [-0.2, -0.15) is 0 Å². The molecule has 3 nitrogen and oxygen atoms in total. The van der Waals surface area contributed by atoms with Gasteiger partial charge in [-0.3, -0.25) is 0 Å². The molecule has 0 radical (unpaired) electrons. The topological polar surface area (TPSA) is 46.5 Å². The maximum absolute atomic E-state index is 12.3. The Kier molecular flexibility index (Phi) is 15.2. The second-order valence-corrected chi connectivity index (χ2v) is 15.8. The zero-order valence-corrected chi connectivity index (χ0v) is 28.7. The molecule has 5 aliphatic carbocycles. The first-order valence-corrected chi connectivity index (χ1v) is 16.1. The number of ether oxygens (including phenoxy) is 1. The molecule has 0 bridgehead atoms. The predicted octanol–water partition coefficient (Wildman–Crippen LogP) is 7.79. The number of aliphatic hydroxyl groups excluding tert-OH is 1. The first-order chi connectivity index (χ1) is 16.8. The van der Waals surface area contributed by atoms with Crippen LogP contribution < -0.4 is 0 Å². The number of esters is 1. The fraction of sp³-hybridized carbons (Fsp3) is 0.909. The van der Waals surface area contributed by atoms with Crippen molar-refractivity contribution in [2.24, 2.45) is 56.7 Å². The average Bonchev–Trinajstić information content (AvgIpc) is 3.22. The molecule has 0 aliphatic heterocycles. The van der Waals surface area contributed by atoms with Crippen molar-refractivity contribution in [1.82, 2.24) is 0 Å². The van der Waals surface area contributed by atoms with E-state index in [0.29, 0.717) is 52.7 Å². The monoisotopic (exact) mass is 653 g/mol. The van der Waals surface area contributed by atoms with Crippen LogP contribution in [-0.4, -0.2) is 29.9 Å². The summed E-state index contributed by atoms with van der Waals surface area (Å²) in [6.45, 7) is 19.8. The van der Waals surface area contributed by atoms with E-state index in [0.717, 1.165) is 12.3 Å². The van der Waals surface area contributed by atoms with E-state index in [9.17, 15) is 9.90 Å². The van der Waals surface area contributed by atoms with Crippen LogP contribution in [0.3, 0.4) is 0 Å². The van der Waals surface area contributed by atoms with E-state index in [2.05, 4.69) is 48.1 Å². The van der Waals surface area contributed by atoms with Crippen LogP contribution in [0, 0.1) is 170 Å². The Hall–Kier alpha value is 3.38. The van der Waals surface area contributed by atoms with Gasteiger partial charge in [-0.1, -0.05) is 54.2 Å². The summed E-state index contributed by atoms with van der Waals surface area (Å²) < 4.78 is 6.06. The minimum absolute atomic E-state index is 0. The number of rotatable bonds is 4. The molecular formula is C33H58Ar3O3P+. The maximum atomic E-state index is 12.3. The molecule has 5 rings (SSSR count). The van der Waals surface area contributed by atoms with Crippen molar-refractivity contribution in [3.05, 3.63) is 12.2 Å². The summed E-state index contributed by atoms with van der Waals surface area (Å²) in [5.74, 6) is 3.17. The van der Waals surface area contributed by atoms with Gasteiger partial charge < -0.3 is 9.84 Å². The number of allylic oxidation sites excluding steroid dienone is 1. The van der Waals surface area contributed by atoms with Gasteiger partial charge in [0.1, 0.15) is 12.3 Å². The third-order valence-corrected chi connectivity index (χ3v) is 14.4. The molecule has 0 heterocycles. The molecular weight excluding hydrogens is 595 g/mol. The number of aliphatic hydroxyl groups is 1. The summed E-state index contributed by atoms with van der Waals surface area (Å²) in [6, 6.07) is 0. The van der Waals surface area contributed by atoms with Gasteiger partial charge in [-0.15, -0.1) is 0 Å². The maximum Gasteiger partial charge on any atom is 0.343 e. The molecule has 7 heteroatoms. The molecule has 0 saturated heterocycles. The second kappa shape index (κ2) is 14.6. The summed E-state index contributed by atoms with van der Waals surface area (Å²) in [5, 5.41) is 10.7. The Morgan fingerprint density at radius 2 is 1.52 bits per heavy atom. The first-order valence-electron chi connectivity index (χ1n) is 15.1. The summed E-state index contributed by atoms with van der Waals surface area (Å²) in [5.41, 5.74) is 2.45. The summed E-state index contributed by atoms with van der Waals surface area (Å²) >= 11 is 0. The number of fused-ring (bicyclic) bond motifs is 7.